The molecule has 0 amide bonds. The third kappa shape index (κ3) is 78.5. The van der Waals surface area contributed by atoms with Gasteiger partial charge in [-0.25, -0.2) is 9.13 Å². The van der Waals surface area contributed by atoms with Crippen molar-refractivity contribution in [2.24, 2.45) is 23.7 Å². The topological polar surface area (TPSA) is 237 Å². The van der Waals surface area contributed by atoms with Crippen molar-refractivity contribution in [3.63, 3.8) is 0 Å². The van der Waals surface area contributed by atoms with E-state index in [-0.39, 0.29) is 25.7 Å². The minimum absolute atomic E-state index is 0.106. The number of unbranched alkanes of at least 4 members (excludes halogenated alkanes) is 48. The fraction of sp³-hybridized carbons (Fsp3) is 0.953. The molecular weight excluding hydrogens is 1370 g/mol. The highest BCUT2D eigenvalue weighted by atomic mass is 31.2. The molecule has 0 aliphatic carbocycles. The minimum Gasteiger partial charge on any atom is -0.462 e. The summed E-state index contributed by atoms with van der Waals surface area (Å²) in [4.78, 5) is 73.2. The van der Waals surface area contributed by atoms with E-state index in [1.165, 1.54) is 244 Å². The maximum Gasteiger partial charge on any atom is 0.472 e. The molecule has 3 N–H and O–H groups in total. The van der Waals surface area contributed by atoms with Crippen molar-refractivity contribution < 1.29 is 80.2 Å². The third-order valence-corrected chi connectivity index (χ3v) is 22.3. The van der Waals surface area contributed by atoms with Gasteiger partial charge < -0.3 is 33.8 Å². The molecule has 624 valence electrons. The largest absolute Gasteiger partial charge is 0.472 e. The number of carbonyl (C=O) groups excluding carboxylic acids is 4. The highest BCUT2D eigenvalue weighted by molar-refractivity contribution is 7.47. The maximum absolute atomic E-state index is 13.1. The van der Waals surface area contributed by atoms with Crippen molar-refractivity contribution in [3.05, 3.63) is 0 Å². The molecule has 0 aromatic carbocycles. The van der Waals surface area contributed by atoms with Crippen molar-refractivity contribution >= 4 is 39.5 Å². The van der Waals surface area contributed by atoms with E-state index in [1.807, 2.05) is 0 Å². The summed E-state index contributed by atoms with van der Waals surface area (Å²) in [7, 11) is -9.93. The molecule has 19 heteroatoms. The molecule has 105 heavy (non-hydrogen) atoms. The zero-order valence-electron chi connectivity index (χ0n) is 69.4. The van der Waals surface area contributed by atoms with Crippen molar-refractivity contribution in [2.75, 3.05) is 39.6 Å². The van der Waals surface area contributed by atoms with Gasteiger partial charge in [0.15, 0.2) is 12.2 Å². The second kappa shape index (κ2) is 74.8. The lowest BCUT2D eigenvalue weighted by molar-refractivity contribution is -0.161. The molecule has 0 aliphatic heterocycles. The average molecular weight is 1540 g/mol. The fourth-order valence-corrected chi connectivity index (χ4v) is 14.9. The molecule has 0 rings (SSSR count). The average Bonchev–Trinajstić information content (AvgIpc) is 0.907. The molecule has 0 radical (unpaired) electrons. The van der Waals surface area contributed by atoms with Gasteiger partial charge in [-0.1, -0.05) is 396 Å². The van der Waals surface area contributed by atoms with Crippen LogP contribution in [0, 0.1) is 23.7 Å². The molecule has 0 aliphatic rings. The van der Waals surface area contributed by atoms with E-state index in [0.29, 0.717) is 25.7 Å². The van der Waals surface area contributed by atoms with Crippen molar-refractivity contribution in [1.29, 1.82) is 0 Å². The summed E-state index contributed by atoms with van der Waals surface area (Å²) in [5.41, 5.74) is 0. The lowest BCUT2D eigenvalue weighted by Crippen LogP contribution is -2.30. The van der Waals surface area contributed by atoms with Gasteiger partial charge in [0.25, 0.3) is 0 Å². The number of hydrogen-bond donors (Lipinski definition) is 3. The lowest BCUT2D eigenvalue weighted by atomic mass is 10.00. The molecule has 0 saturated heterocycles. The monoisotopic (exact) mass is 1540 g/mol. The van der Waals surface area contributed by atoms with Gasteiger partial charge in [0.2, 0.25) is 0 Å². The first-order chi connectivity index (χ1) is 50.6. The number of esters is 4. The van der Waals surface area contributed by atoms with Gasteiger partial charge in [-0.3, -0.25) is 37.3 Å². The van der Waals surface area contributed by atoms with Crippen LogP contribution in [-0.4, -0.2) is 96.7 Å². The predicted octanol–water partition coefficient (Wildman–Crippen LogP) is 25.9. The van der Waals surface area contributed by atoms with E-state index in [9.17, 15) is 43.2 Å². The Hall–Kier alpha value is -1.94. The van der Waals surface area contributed by atoms with Crippen LogP contribution in [0.5, 0.6) is 0 Å². The van der Waals surface area contributed by atoms with Crippen LogP contribution >= 0.6 is 15.6 Å². The first-order valence-corrected chi connectivity index (χ1v) is 47.2. The van der Waals surface area contributed by atoms with Gasteiger partial charge in [-0.05, 0) is 49.4 Å². The summed E-state index contributed by atoms with van der Waals surface area (Å²) in [5.74, 6) is 1.03. The molecule has 3 unspecified atom stereocenters. The number of phosphoric ester groups is 2. The number of aliphatic hydroxyl groups excluding tert-OH is 1. The Balaban J connectivity index is 5.23. The summed E-state index contributed by atoms with van der Waals surface area (Å²) >= 11 is 0. The lowest BCUT2D eigenvalue weighted by Gasteiger charge is -2.21. The van der Waals surface area contributed by atoms with Crippen LogP contribution in [0.1, 0.15) is 447 Å². The second-order valence-corrected chi connectivity index (χ2v) is 35.5. The van der Waals surface area contributed by atoms with Crippen molar-refractivity contribution in [2.45, 2.75) is 465 Å². The number of rotatable bonds is 83. The van der Waals surface area contributed by atoms with Gasteiger partial charge in [0.05, 0.1) is 26.4 Å². The second-order valence-electron chi connectivity index (χ2n) is 32.6. The summed E-state index contributed by atoms with van der Waals surface area (Å²) in [5, 5.41) is 10.7. The zero-order valence-corrected chi connectivity index (χ0v) is 71.2. The molecular formula is C86H168O17P2. The number of hydrogen-bond acceptors (Lipinski definition) is 15. The van der Waals surface area contributed by atoms with E-state index >= 15 is 0 Å². The van der Waals surface area contributed by atoms with Crippen LogP contribution in [0.2, 0.25) is 0 Å². The normalized spacial score (nSPS) is 14.2. The zero-order chi connectivity index (χ0) is 77.4. The Morgan fingerprint density at radius 3 is 0.676 bits per heavy atom. The van der Waals surface area contributed by atoms with Crippen LogP contribution in [0.3, 0.4) is 0 Å². The molecule has 0 spiro atoms. The predicted molar refractivity (Wildman–Crippen MR) is 432 cm³/mol. The van der Waals surface area contributed by atoms with Gasteiger partial charge >= 0.3 is 39.5 Å². The standard InChI is InChI=1S/C86H168O17P2/c1-9-79(8)65-57-49-44-45-51-59-67-84(89)97-73-82(103-86(91)69-61-53-43-37-31-25-19-22-28-34-40-48-56-64-78(6)7)75-101-105(94,95)99-71-80(87)70-98-104(92,93)100-74-81(102-85(90)68-60-52-42-36-30-24-18-14-16-21-27-33-39-47-55-63-77(4)5)72-96-83(88)66-58-50-41-35-29-23-17-13-11-10-12-15-20-26-32-38-46-54-62-76(2)3/h76-82,87H,9-75H2,1-8H3,(H,92,93)(H,94,95)/t79?,80-,81-,82-/m1/s1. The number of aliphatic hydroxyl groups is 1. The van der Waals surface area contributed by atoms with Crippen molar-refractivity contribution in [1.82, 2.24) is 0 Å². The molecule has 6 atom stereocenters. The molecule has 0 bridgehead atoms. The number of ether oxygens (including phenoxy) is 4. The molecule has 17 nitrogen and oxygen atoms in total. The minimum atomic E-state index is -4.97. The Bertz CT molecular complexity index is 2040. The van der Waals surface area contributed by atoms with E-state index in [4.69, 9.17) is 37.0 Å². The SMILES string of the molecule is CCC(C)CCCCCCCCC(=O)OC[C@H](COP(=O)(O)OC[C@H](O)COP(=O)(O)OC[C@@H](COC(=O)CCCCCCCCCCCCCCCCCCCCC(C)C)OC(=O)CCCCCCCCCCCCCCCCCC(C)C)OC(=O)CCCCCCCCCCCCCCCC(C)C. The van der Waals surface area contributed by atoms with Crippen LogP contribution < -0.4 is 0 Å². The smallest absolute Gasteiger partial charge is 0.462 e. The van der Waals surface area contributed by atoms with E-state index in [1.54, 1.807) is 0 Å². The van der Waals surface area contributed by atoms with Crippen LogP contribution in [0.15, 0.2) is 0 Å². The third-order valence-electron chi connectivity index (χ3n) is 20.4. The van der Waals surface area contributed by atoms with Crippen LogP contribution in [0.25, 0.3) is 0 Å². The summed E-state index contributed by atoms with van der Waals surface area (Å²) in [6.07, 6.45) is 63.9. The van der Waals surface area contributed by atoms with Gasteiger partial charge in [-0.2, -0.15) is 0 Å². The molecule has 0 aromatic heterocycles. The quantitative estimate of drug-likeness (QED) is 0.0222. The summed E-state index contributed by atoms with van der Waals surface area (Å²) in [6.45, 7) is 14.3. The molecule has 0 heterocycles. The molecule has 0 aromatic rings. The van der Waals surface area contributed by atoms with Crippen LogP contribution in [0.4, 0.5) is 0 Å². The van der Waals surface area contributed by atoms with E-state index < -0.39 is 97.5 Å². The number of carbonyl (C=O) groups is 4. The maximum atomic E-state index is 13.1. The Kier molecular flexibility index (Phi) is 73.4. The molecule has 0 saturated carbocycles. The van der Waals surface area contributed by atoms with Gasteiger partial charge in [-0.15, -0.1) is 0 Å². The Morgan fingerprint density at radius 1 is 0.267 bits per heavy atom. The van der Waals surface area contributed by atoms with E-state index in [0.717, 1.165) is 120 Å². The van der Waals surface area contributed by atoms with E-state index in [2.05, 4.69) is 55.4 Å². The first-order valence-electron chi connectivity index (χ1n) is 44.2. The van der Waals surface area contributed by atoms with Gasteiger partial charge in [0.1, 0.15) is 19.3 Å². The number of phosphoric acid groups is 2. The van der Waals surface area contributed by atoms with Crippen LogP contribution in [-0.2, 0) is 65.4 Å². The highest BCUT2D eigenvalue weighted by Gasteiger charge is 2.31. The highest BCUT2D eigenvalue weighted by Crippen LogP contribution is 2.45. The summed E-state index contributed by atoms with van der Waals surface area (Å²) in [6, 6.07) is 0. The molecule has 0 fully saturated rings. The first kappa shape index (κ1) is 103. The Labute approximate surface area is 645 Å². The summed E-state index contributed by atoms with van der Waals surface area (Å²) < 4.78 is 68.9. The van der Waals surface area contributed by atoms with Crippen molar-refractivity contribution in [3.8, 4) is 0 Å². The van der Waals surface area contributed by atoms with Gasteiger partial charge in [0, 0.05) is 25.7 Å². The fourth-order valence-electron chi connectivity index (χ4n) is 13.3. The Morgan fingerprint density at radius 2 is 0.457 bits per heavy atom.